The Kier molecular flexibility index (Phi) is 2.78. The van der Waals surface area contributed by atoms with Gasteiger partial charge in [0.05, 0.1) is 11.1 Å². The lowest BCUT2D eigenvalue weighted by molar-refractivity contribution is -0.133. The van der Waals surface area contributed by atoms with E-state index in [1.165, 1.54) is 0 Å². The monoisotopic (exact) mass is 280 g/mol. The number of phenolic OH excluding ortho intramolecular Hbond substituents is 4. The molecule has 1 aromatic rings. The van der Waals surface area contributed by atoms with Crippen LogP contribution in [-0.2, 0) is 9.59 Å². The molecule has 8 nitrogen and oxygen atoms in total. The highest BCUT2D eigenvalue weighted by Gasteiger charge is 2.33. The van der Waals surface area contributed by atoms with Crippen molar-refractivity contribution in [3.05, 3.63) is 29.2 Å². The molecular formula is C12H8O8. The van der Waals surface area contributed by atoms with Crippen LogP contribution in [0.1, 0.15) is 5.56 Å². The summed E-state index contributed by atoms with van der Waals surface area (Å²) in [4.78, 5) is 22.4. The summed E-state index contributed by atoms with van der Waals surface area (Å²) in [5.41, 5.74) is -1.44. The summed E-state index contributed by atoms with van der Waals surface area (Å²) >= 11 is 0. The van der Waals surface area contributed by atoms with Gasteiger partial charge in [-0.2, -0.15) is 0 Å². The van der Waals surface area contributed by atoms with E-state index in [2.05, 4.69) is 0 Å². The smallest absolute Gasteiger partial charge is 0.268 e. The zero-order valence-corrected chi connectivity index (χ0v) is 9.65. The van der Waals surface area contributed by atoms with Gasteiger partial charge in [0.15, 0.2) is 17.3 Å². The summed E-state index contributed by atoms with van der Waals surface area (Å²) in [6.07, 6.45) is 0.486. The zero-order valence-electron chi connectivity index (χ0n) is 9.65. The molecule has 0 aromatic heterocycles. The molecule has 0 fully saturated rings. The maximum absolute atomic E-state index is 11.3. The fourth-order valence-corrected chi connectivity index (χ4v) is 1.74. The first-order valence-corrected chi connectivity index (χ1v) is 5.15. The number of carbonyl (C=O) groups is 2. The first-order valence-electron chi connectivity index (χ1n) is 5.15. The molecule has 0 amide bonds. The Balaban J connectivity index is 2.81. The van der Waals surface area contributed by atoms with E-state index < -0.39 is 57.2 Å². The van der Waals surface area contributed by atoms with E-state index in [0.717, 1.165) is 0 Å². The second kappa shape index (κ2) is 4.19. The molecule has 1 aromatic carbocycles. The molecule has 0 heterocycles. The third kappa shape index (κ3) is 1.70. The number of hydrogen-bond acceptors (Lipinski definition) is 8. The number of carbonyl (C=O) groups excluding carboxylic acids is 2. The van der Waals surface area contributed by atoms with E-state index in [1.54, 1.807) is 0 Å². The molecule has 0 atom stereocenters. The van der Waals surface area contributed by atoms with Gasteiger partial charge in [-0.3, -0.25) is 9.59 Å². The topological polar surface area (TPSA) is 156 Å². The quantitative estimate of drug-likeness (QED) is 0.186. The van der Waals surface area contributed by atoms with Crippen molar-refractivity contribution in [3.8, 4) is 23.0 Å². The first kappa shape index (κ1) is 13.3. The number of rotatable bonds is 1. The summed E-state index contributed by atoms with van der Waals surface area (Å²) < 4.78 is 0. The minimum Gasteiger partial charge on any atom is -0.507 e. The van der Waals surface area contributed by atoms with Crippen molar-refractivity contribution in [1.82, 2.24) is 0 Å². The third-order valence-electron chi connectivity index (χ3n) is 2.68. The molecule has 20 heavy (non-hydrogen) atoms. The van der Waals surface area contributed by atoms with E-state index in [1.807, 2.05) is 0 Å². The van der Waals surface area contributed by atoms with Crippen LogP contribution in [0.2, 0.25) is 0 Å². The van der Waals surface area contributed by atoms with Crippen molar-refractivity contribution < 1.29 is 40.2 Å². The predicted octanol–water partition coefficient (Wildman–Crippen LogP) is 0.372. The van der Waals surface area contributed by atoms with Gasteiger partial charge in [0.25, 0.3) is 5.78 Å². The van der Waals surface area contributed by atoms with Crippen molar-refractivity contribution in [3.63, 3.8) is 0 Å². The SMILES string of the molecule is O=C1C=C(O)C(c2c(O)cc(O)c(O)c2O)=C(O)C1=O. The Morgan fingerprint density at radius 3 is 2.00 bits per heavy atom. The van der Waals surface area contributed by atoms with Gasteiger partial charge in [-0.25, -0.2) is 0 Å². The van der Waals surface area contributed by atoms with E-state index in [0.29, 0.717) is 12.1 Å². The van der Waals surface area contributed by atoms with Crippen molar-refractivity contribution in [2.45, 2.75) is 0 Å². The Labute approximate surface area is 110 Å². The van der Waals surface area contributed by atoms with Gasteiger partial charge in [-0.05, 0) is 0 Å². The fourth-order valence-electron chi connectivity index (χ4n) is 1.74. The number of hydrogen-bond donors (Lipinski definition) is 6. The molecule has 0 unspecified atom stereocenters. The van der Waals surface area contributed by atoms with Crippen LogP contribution in [0.25, 0.3) is 5.57 Å². The van der Waals surface area contributed by atoms with Crippen LogP contribution in [0.15, 0.2) is 23.7 Å². The lowest BCUT2D eigenvalue weighted by Crippen LogP contribution is -2.20. The summed E-state index contributed by atoms with van der Waals surface area (Å²) in [7, 11) is 0. The minimum atomic E-state index is -1.36. The number of benzene rings is 1. The first-order chi connectivity index (χ1) is 9.25. The predicted molar refractivity (Wildman–Crippen MR) is 63.4 cm³/mol. The van der Waals surface area contributed by atoms with Crippen LogP contribution in [0.4, 0.5) is 0 Å². The van der Waals surface area contributed by atoms with Gasteiger partial charge in [0.2, 0.25) is 11.5 Å². The molecule has 6 N–H and O–H groups in total. The van der Waals surface area contributed by atoms with Gasteiger partial charge in [-0.1, -0.05) is 0 Å². The maximum Gasteiger partial charge on any atom is 0.268 e. The van der Waals surface area contributed by atoms with Crippen LogP contribution in [-0.4, -0.2) is 42.2 Å². The van der Waals surface area contributed by atoms with Crippen molar-refractivity contribution in [1.29, 1.82) is 0 Å². The molecule has 104 valence electrons. The van der Waals surface area contributed by atoms with Gasteiger partial charge in [-0.15, -0.1) is 0 Å². The standard InChI is InChI=1S/C12H8O8/c13-3-1-5(15)9(17)11(19)7(3)8-4(14)2-6(16)10(18)12(8)20/h1-2,13-15,17,19-20H. The number of Topliss-reactive ketones (excluding diaryl/α,β-unsaturated/α-hetero) is 1. The lowest BCUT2D eigenvalue weighted by Gasteiger charge is -2.16. The van der Waals surface area contributed by atoms with Crippen molar-refractivity contribution in [2.75, 3.05) is 0 Å². The van der Waals surface area contributed by atoms with Gasteiger partial charge < -0.3 is 30.6 Å². The Morgan fingerprint density at radius 1 is 0.800 bits per heavy atom. The molecule has 0 bridgehead atoms. The molecular weight excluding hydrogens is 272 g/mol. The molecule has 8 heteroatoms. The van der Waals surface area contributed by atoms with E-state index in [9.17, 15) is 40.2 Å². The highest BCUT2D eigenvalue weighted by atomic mass is 16.3. The summed E-state index contributed by atoms with van der Waals surface area (Å²) in [5, 5.41) is 57.0. The van der Waals surface area contributed by atoms with Crippen LogP contribution in [0.3, 0.4) is 0 Å². The van der Waals surface area contributed by atoms with Crippen molar-refractivity contribution >= 4 is 17.1 Å². The van der Waals surface area contributed by atoms with Gasteiger partial charge in [0, 0.05) is 12.1 Å². The van der Waals surface area contributed by atoms with Crippen LogP contribution in [0, 0.1) is 0 Å². The minimum absolute atomic E-state index is 0.486. The summed E-state index contributed by atoms with van der Waals surface area (Å²) in [5.74, 6) is -8.43. The summed E-state index contributed by atoms with van der Waals surface area (Å²) in [6.45, 7) is 0. The number of ketones is 2. The molecule has 1 aliphatic rings. The molecule has 0 radical (unpaired) electrons. The zero-order chi connectivity index (χ0) is 15.2. The van der Waals surface area contributed by atoms with Crippen molar-refractivity contribution in [2.24, 2.45) is 0 Å². The molecule has 0 saturated heterocycles. The molecule has 0 aliphatic heterocycles. The Bertz CT molecular complexity index is 711. The average Bonchev–Trinajstić information content (AvgIpc) is 2.37. The van der Waals surface area contributed by atoms with Gasteiger partial charge in [0.1, 0.15) is 11.5 Å². The highest BCUT2D eigenvalue weighted by Crippen LogP contribution is 2.48. The Hall–Kier alpha value is -3.16. The molecule has 0 spiro atoms. The van der Waals surface area contributed by atoms with E-state index in [4.69, 9.17) is 0 Å². The van der Waals surface area contributed by atoms with E-state index in [-0.39, 0.29) is 0 Å². The van der Waals surface area contributed by atoms with Crippen LogP contribution >= 0.6 is 0 Å². The van der Waals surface area contributed by atoms with E-state index >= 15 is 0 Å². The third-order valence-corrected chi connectivity index (χ3v) is 2.68. The average molecular weight is 280 g/mol. The fraction of sp³-hybridized carbons (Fsp3) is 0. The molecule has 0 saturated carbocycles. The summed E-state index contributed by atoms with van der Waals surface area (Å²) in [6, 6.07) is 0.624. The Morgan fingerprint density at radius 2 is 1.40 bits per heavy atom. The van der Waals surface area contributed by atoms with Gasteiger partial charge >= 0.3 is 0 Å². The number of aliphatic hydroxyl groups excluding tert-OH is 2. The molecule has 1 aliphatic carbocycles. The number of allylic oxidation sites excluding steroid dienone is 3. The largest absolute Gasteiger partial charge is 0.507 e. The number of aromatic hydroxyl groups is 4. The number of phenols is 4. The number of aliphatic hydroxyl groups is 2. The second-order valence-corrected chi connectivity index (χ2v) is 3.93. The van der Waals surface area contributed by atoms with Crippen LogP contribution < -0.4 is 0 Å². The second-order valence-electron chi connectivity index (χ2n) is 3.93. The lowest BCUT2D eigenvalue weighted by atomic mass is 9.93. The maximum atomic E-state index is 11.3. The molecule has 2 rings (SSSR count). The highest BCUT2D eigenvalue weighted by molar-refractivity contribution is 6.49. The van der Waals surface area contributed by atoms with Crippen LogP contribution in [0.5, 0.6) is 23.0 Å². The normalized spacial score (nSPS) is 15.5.